The van der Waals surface area contributed by atoms with Crippen molar-refractivity contribution in [3.8, 4) is 0 Å². The van der Waals surface area contributed by atoms with Gasteiger partial charge in [-0.1, -0.05) is 24.6 Å². The molecule has 2 heterocycles. The molecule has 7 heteroatoms. The number of aliphatic hydroxyl groups is 2. The first-order valence-electron chi connectivity index (χ1n) is 7.34. The van der Waals surface area contributed by atoms with Crippen LogP contribution in [0, 0.1) is 0 Å². The molecule has 114 valence electrons. The van der Waals surface area contributed by atoms with Crippen LogP contribution in [0.3, 0.4) is 0 Å². The predicted molar refractivity (Wildman–Crippen MR) is 78.8 cm³/mol. The lowest BCUT2D eigenvalue weighted by molar-refractivity contribution is -0.154. The topological polar surface area (TPSA) is 86.1 Å². The number of hydrogen-bond acceptors (Lipinski definition) is 6. The molecule has 0 aromatic rings. The van der Waals surface area contributed by atoms with E-state index >= 15 is 0 Å². The van der Waals surface area contributed by atoms with Crippen LogP contribution >= 0.6 is 11.8 Å². The van der Waals surface area contributed by atoms with E-state index in [-0.39, 0.29) is 17.6 Å². The Hall–Kier alpha value is -0.340. The number of thioether (sulfide) groups is 1. The first-order chi connectivity index (χ1) is 9.69. The molecule has 0 bridgehead atoms. The van der Waals surface area contributed by atoms with Gasteiger partial charge in [0.15, 0.2) is 5.17 Å². The van der Waals surface area contributed by atoms with Gasteiger partial charge in [-0.15, -0.1) is 0 Å². The lowest BCUT2D eigenvalue weighted by Gasteiger charge is -2.39. The minimum Gasteiger partial charge on any atom is -0.388 e. The van der Waals surface area contributed by atoms with Gasteiger partial charge in [0.1, 0.15) is 23.7 Å². The number of rotatable bonds is 3. The van der Waals surface area contributed by atoms with Crippen LogP contribution in [0.1, 0.15) is 25.7 Å². The zero-order chi connectivity index (χ0) is 14.1. The first-order valence-corrected chi connectivity index (χ1v) is 8.22. The number of fused-ring (bicyclic) bond motifs is 1. The second-order valence-electron chi connectivity index (χ2n) is 5.73. The fourth-order valence-corrected chi connectivity index (χ4v) is 4.27. The molecule has 3 fully saturated rings. The van der Waals surface area contributed by atoms with Crippen molar-refractivity contribution < 1.29 is 14.9 Å². The highest BCUT2D eigenvalue weighted by Crippen LogP contribution is 2.33. The van der Waals surface area contributed by atoms with Gasteiger partial charge in [-0.3, -0.25) is 4.99 Å². The van der Waals surface area contributed by atoms with E-state index in [4.69, 9.17) is 4.74 Å². The van der Waals surface area contributed by atoms with Crippen LogP contribution in [0.25, 0.3) is 0 Å². The number of amidine groups is 1. The zero-order valence-corrected chi connectivity index (χ0v) is 12.5. The Kier molecular flexibility index (Phi) is 4.52. The number of aliphatic hydroxyl groups excluding tert-OH is 2. The largest absolute Gasteiger partial charge is 0.388 e. The summed E-state index contributed by atoms with van der Waals surface area (Å²) in [7, 11) is 1.70. The van der Waals surface area contributed by atoms with Gasteiger partial charge in [0, 0.05) is 19.6 Å². The molecule has 0 amide bonds. The molecule has 2 aliphatic heterocycles. The summed E-state index contributed by atoms with van der Waals surface area (Å²) in [6.07, 6.45) is 2.88. The van der Waals surface area contributed by atoms with E-state index in [1.807, 2.05) is 0 Å². The van der Waals surface area contributed by atoms with Crippen molar-refractivity contribution in [3.05, 3.63) is 0 Å². The maximum absolute atomic E-state index is 10.2. The van der Waals surface area contributed by atoms with Crippen LogP contribution in [-0.4, -0.2) is 64.8 Å². The molecule has 0 radical (unpaired) electrons. The van der Waals surface area contributed by atoms with Crippen LogP contribution in [0.2, 0.25) is 0 Å². The van der Waals surface area contributed by atoms with Crippen molar-refractivity contribution in [2.24, 2.45) is 4.99 Å². The van der Waals surface area contributed by atoms with Crippen molar-refractivity contribution in [2.75, 3.05) is 13.6 Å². The summed E-state index contributed by atoms with van der Waals surface area (Å²) < 4.78 is 5.93. The van der Waals surface area contributed by atoms with Gasteiger partial charge in [0.05, 0.1) is 6.04 Å². The molecule has 5 unspecified atom stereocenters. The minimum atomic E-state index is -0.866. The highest BCUT2D eigenvalue weighted by Gasteiger charge is 2.48. The zero-order valence-electron chi connectivity index (χ0n) is 11.7. The molecular weight excluding hydrogens is 278 g/mol. The summed E-state index contributed by atoms with van der Waals surface area (Å²) in [5, 5.41) is 27.8. The van der Waals surface area contributed by atoms with Gasteiger partial charge in [-0.05, 0) is 12.8 Å². The Labute approximate surface area is 123 Å². The molecule has 1 aliphatic carbocycles. The smallest absolute Gasteiger partial charge is 0.159 e. The second-order valence-corrected chi connectivity index (χ2v) is 6.82. The van der Waals surface area contributed by atoms with E-state index in [0.717, 1.165) is 5.17 Å². The Balaban J connectivity index is 1.58. The van der Waals surface area contributed by atoms with Crippen LogP contribution in [-0.2, 0) is 4.74 Å². The number of nitrogens with one attached hydrogen (secondary N) is 2. The van der Waals surface area contributed by atoms with Crippen LogP contribution in [0.5, 0.6) is 0 Å². The maximum Gasteiger partial charge on any atom is 0.159 e. The lowest BCUT2D eigenvalue weighted by Crippen LogP contribution is -2.61. The van der Waals surface area contributed by atoms with Gasteiger partial charge >= 0.3 is 0 Å². The minimum absolute atomic E-state index is 0.178. The molecule has 1 saturated carbocycles. The molecule has 3 rings (SSSR count). The summed E-state index contributed by atoms with van der Waals surface area (Å²) in [6, 6.07) is 0.249. The SMILES string of the molecule is CN=C1NC2C(OC(CNC3CCCC3)C(O)C2O)S1. The van der Waals surface area contributed by atoms with E-state index in [9.17, 15) is 10.2 Å². The fourth-order valence-electron chi connectivity index (χ4n) is 3.17. The van der Waals surface area contributed by atoms with Crippen molar-refractivity contribution >= 4 is 16.9 Å². The van der Waals surface area contributed by atoms with Gasteiger partial charge in [0.25, 0.3) is 0 Å². The van der Waals surface area contributed by atoms with Crippen LogP contribution < -0.4 is 10.6 Å². The van der Waals surface area contributed by atoms with Crippen LogP contribution in [0.4, 0.5) is 0 Å². The Bertz CT molecular complexity index is 376. The van der Waals surface area contributed by atoms with Crippen LogP contribution in [0.15, 0.2) is 4.99 Å². The Morgan fingerprint density at radius 1 is 1.35 bits per heavy atom. The van der Waals surface area contributed by atoms with Gasteiger partial charge in [-0.2, -0.15) is 0 Å². The number of ether oxygens (including phenoxy) is 1. The van der Waals surface area contributed by atoms with Gasteiger partial charge in [-0.25, -0.2) is 0 Å². The Morgan fingerprint density at radius 2 is 2.10 bits per heavy atom. The molecule has 2 saturated heterocycles. The molecule has 4 N–H and O–H groups in total. The molecule has 0 spiro atoms. The molecule has 0 aromatic heterocycles. The number of nitrogens with zero attached hydrogens (tertiary/aromatic N) is 1. The predicted octanol–water partition coefficient (Wildman–Crippen LogP) is -0.344. The molecule has 3 aliphatic rings. The van der Waals surface area contributed by atoms with E-state index in [1.54, 1.807) is 7.05 Å². The molecule has 5 atom stereocenters. The maximum atomic E-state index is 10.2. The highest BCUT2D eigenvalue weighted by atomic mass is 32.2. The average molecular weight is 301 g/mol. The van der Waals surface area contributed by atoms with Crippen molar-refractivity contribution in [2.45, 2.75) is 61.5 Å². The second kappa shape index (κ2) is 6.19. The highest BCUT2D eigenvalue weighted by molar-refractivity contribution is 8.14. The Morgan fingerprint density at radius 3 is 2.80 bits per heavy atom. The average Bonchev–Trinajstić information content (AvgIpc) is 3.10. The van der Waals surface area contributed by atoms with Gasteiger partial charge in [0.2, 0.25) is 0 Å². The summed E-state index contributed by atoms with van der Waals surface area (Å²) in [5.74, 6) is 0. The summed E-state index contributed by atoms with van der Waals surface area (Å²) in [4.78, 5) is 4.09. The monoisotopic (exact) mass is 301 g/mol. The number of hydrogen-bond donors (Lipinski definition) is 4. The van der Waals surface area contributed by atoms with Gasteiger partial charge < -0.3 is 25.6 Å². The quantitative estimate of drug-likeness (QED) is 0.570. The third-order valence-corrected chi connectivity index (χ3v) is 5.55. The first kappa shape index (κ1) is 14.6. The molecule has 6 nitrogen and oxygen atoms in total. The summed E-state index contributed by atoms with van der Waals surface area (Å²) >= 11 is 1.48. The van der Waals surface area contributed by atoms with E-state index < -0.39 is 12.2 Å². The third kappa shape index (κ3) is 2.82. The summed E-state index contributed by atoms with van der Waals surface area (Å²) in [6.45, 7) is 0.589. The summed E-state index contributed by atoms with van der Waals surface area (Å²) in [5.41, 5.74) is -0.178. The lowest BCUT2D eigenvalue weighted by atomic mass is 9.97. The van der Waals surface area contributed by atoms with Crippen molar-refractivity contribution in [1.82, 2.24) is 10.6 Å². The van der Waals surface area contributed by atoms with Crippen molar-refractivity contribution in [1.29, 1.82) is 0 Å². The van der Waals surface area contributed by atoms with Crippen molar-refractivity contribution in [3.63, 3.8) is 0 Å². The third-order valence-electron chi connectivity index (χ3n) is 4.38. The number of aliphatic imine (C=N–C) groups is 1. The standard InChI is InChI=1S/C13H23N3O3S/c1-14-13-16-9-11(18)10(17)8(19-12(9)20-13)6-15-7-4-2-3-5-7/h7-12,15,17-18H,2-6H2,1H3,(H,14,16). The molecule has 20 heavy (non-hydrogen) atoms. The van der Waals surface area contributed by atoms with E-state index in [2.05, 4.69) is 15.6 Å². The van der Waals surface area contributed by atoms with E-state index in [1.165, 1.54) is 37.4 Å². The molecule has 0 aromatic carbocycles. The van der Waals surface area contributed by atoms with E-state index in [0.29, 0.717) is 12.6 Å². The fraction of sp³-hybridized carbons (Fsp3) is 0.923. The molecular formula is C13H23N3O3S. The normalized spacial score (nSPS) is 43.8.